The summed E-state index contributed by atoms with van der Waals surface area (Å²) >= 11 is 0. The maximum absolute atomic E-state index is 5.57. The van der Waals surface area contributed by atoms with Crippen molar-refractivity contribution in [1.29, 1.82) is 0 Å². The zero-order chi connectivity index (χ0) is 12.4. The van der Waals surface area contributed by atoms with Crippen LogP contribution in [0.15, 0.2) is 41.4 Å². The summed E-state index contributed by atoms with van der Waals surface area (Å²) < 4.78 is 6.79. The highest BCUT2D eigenvalue weighted by molar-refractivity contribution is 5.52. The molecule has 3 aromatic rings. The highest BCUT2D eigenvalue weighted by Crippen LogP contribution is 2.14. The van der Waals surface area contributed by atoms with E-state index in [-0.39, 0.29) is 0 Å². The monoisotopic (exact) mass is 242 g/mol. The number of hydrogen-bond donors (Lipinski definition) is 1. The fourth-order valence-electron chi connectivity index (χ4n) is 1.54. The number of nitrogens with zero attached hydrogens (tertiary/aromatic N) is 5. The van der Waals surface area contributed by atoms with E-state index < -0.39 is 0 Å². The van der Waals surface area contributed by atoms with E-state index in [9.17, 15) is 0 Å². The molecule has 0 unspecified atom stereocenters. The van der Waals surface area contributed by atoms with Crippen molar-refractivity contribution in [2.45, 2.75) is 6.54 Å². The van der Waals surface area contributed by atoms with Crippen molar-refractivity contribution >= 4 is 5.69 Å². The van der Waals surface area contributed by atoms with Gasteiger partial charge in [0.05, 0.1) is 11.9 Å². The smallest absolute Gasteiger partial charge is 0.248 e. The summed E-state index contributed by atoms with van der Waals surface area (Å²) in [5.74, 6) is 1.01. The lowest BCUT2D eigenvalue weighted by Gasteiger charge is -1.93. The van der Waals surface area contributed by atoms with Gasteiger partial charge in [-0.15, -0.1) is 0 Å². The third-order valence-electron chi connectivity index (χ3n) is 2.36. The lowest BCUT2D eigenvalue weighted by molar-refractivity contribution is 0.366. The first kappa shape index (κ1) is 10.5. The molecule has 0 saturated heterocycles. The molecule has 0 fully saturated rings. The van der Waals surface area contributed by atoms with Crippen LogP contribution in [0.3, 0.4) is 0 Å². The Morgan fingerprint density at radius 2 is 2.11 bits per heavy atom. The summed E-state index contributed by atoms with van der Waals surface area (Å²) in [6.07, 6.45) is 6.63. The predicted octanol–water partition coefficient (Wildman–Crippen LogP) is 0.959. The van der Waals surface area contributed by atoms with Crippen molar-refractivity contribution in [2.75, 3.05) is 5.73 Å². The standard InChI is InChI=1S/C11H10N6O/c12-9-5-14-17(6-9)7-10-15-11(16-18-10)8-1-3-13-4-2-8/h1-6H,7,12H2. The Balaban J connectivity index is 1.82. The van der Waals surface area contributed by atoms with E-state index in [0.717, 1.165) is 5.56 Å². The Bertz CT molecular complexity index is 644. The maximum atomic E-state index is 5.57. The SMILES string of the molecule is Nc1cnn(Cc2nc(-c3ccncc3)no2)c1. The van der Waals surface area contributed by atoms with E-state index in [0.29, 0.717) is 23.9 Å². The molecule has 7 heteroatoms. The van der Waals surface area contributed by atoms with Gasteiger partial charge >= 0.3 is 0 Å². The Morgan fingerprint density at radius 3 is 2.83 bits per heavy atom. The van der Waals surface area contributed by atoms with E-state index in [1.54, 1.807) is 29.5 Å². The van der Waals surface area contributed by atoms with Crippen LogP contribution in [0.4, 0.5) is 5.69 Å². The molecule has 0 aliphatic carbocycles. The average Bonchev–Trinajstić information content (AvgIpc) is 3.01. The number of anilines is 1. The van der Waals surface area contributed by atoms with Gasteiger partial charge in [-0.25, -0.2) is 0 Å². The topological polar surface area (TPSA) is 95.7 Å². The Morgan fingerprint density at radius 1 is 1.28 bits per heavy atom. The van der Waals surface area contributed by atoms with E-state index in [2.05, 4.69) is 20.2 Å². The maximum Gasteiger partial charge on any atom is 0.248 e. The zero-order valence-corrected chi connectivity index (χ0v) is 9.39. The van der Waals surface area contributed by atoms with Crippen molar-refractivity contribution in [3.63, 3.8) is 0 Å². The summed E-state index contributed by atoms with van der Waals surface area (Å²) in [5, 5.41) is 7.95. The average molecular weight is 242 g/mol. The molecule has 2 N–H and O–H groups in total. The van der Waals surface area contributed by atoms with Crippen molar-refractivity contribution < 1.29 is 4.52 Å². The van der Waals surface area contributed by atoms with Gasteiger partial charge in [0, 0.05) is 24.2 Å². The second-order valence-electron chi connectivity index (χ2n) is 3.72. The van der Waals surface area contributed by atoms with Crippen LogP contribution in [-0.2, 0) is 6.54 Å². The second-order valence-corrected chi connectivity index (χ2v) is 3.72. The summed E-state index contributed by atoms with van der Waals surface area (Å²) in [5.41, 5.74) is 7.03. The molecule has 0 saturated carbocycles. The van der Waals surface area contributed by atoms with Gasteiger partial charge < -0.3 is 10.3 Å². The molecule has 7 nitrogen and oxygen atoms in total. The fraction of sp³-hybridized carbons (Fsp3) is 0.0909. The second kappa shape index (κ2) is 4.28. The Hall–Kier alpha value is -2.70. The molecule has 0 spiro atoms. The van der Waals surface area contributed by atoms with E-state index in [4.69, 9.17) is 10.3 Å². The van der Waals surface area contributed by atoms with Crippen LogP contribution in [-0.4, -0.2) is 24.9 Å². The fourth-order valence-corrected chi connectivity index (χ4v) is 1.54. The minimum absolute atomic E-state index is 0.398. The third-order valence-corrected chi connectivity index (χ3v) is 2.36. The van der Waals surface area contributed by atoms with Gasteiger partial charge in [0.1, 0.15) is 6.54 Å². The van der Waals surface area contributed by atoms with Gasteiger partial charge in [-0.3, -0.25) is 9.67 Å². The molecular weight excluding hydrogens is 232 g/mol. The normalized spacial score (nSPS) is 10.7. The Labute approximate surface area is 102 Å². The molecule has 3 rings (SSSR count). The van der Waals surface area contributed by atoms with Crippen LogP contribution in [0, 0.1) is 0 Å². The number of rotatable bonds is 3. The van der Waals surface area contributed by atoms with Gasteiger partial charge in [0.25, 0.3) is 0 Å². The quantitative estimate of drug-likeness (QED) is 0.734. The predicted molar refractivity (Wildman–Crippen MR) is 63.3 cm³/mol. The van der Waals surface area contributed by atoms with Gasteiger partial charge in [-0.1, -0.05) is 5.16 Å². The van der Waals surface area contributed by atoms with Crippen LogP contribution >= 0.6 is 0 Å². The summed E-state index contributed by atoms with van der Waals surface area (Å²) in [6, 6.07) is 3.64. The molecular formula is C11H10N6O. The van der Waals surface area contributed by atoms with E-state index in [1.807, 2.05) is 12.1 Å². The van der Waals surface area contributed by atoms with Gasteiger partial charge in [0.15, 0.2) is 0 Å². The molecule has 0 bridgehead atoms. The molecule has 0 amide bonds. The summed E-state index contributed by atoms with van der Waals surface area (Å²) in [7, 11) is 0. The summed E-state index contributed by atoms with van der Waals surface area (Å²) in [4.78, 5) is 8.21. The number of nitrogens with two attached hydrogens (primary N) is 1. The van der Waals surface area contributed by atoms with Crippen molar-refractivity contribution in [2.24, 2.45) is 0 Å². The summed E-state index contributed by atoms with van der Waals surface area (Å²) in [6.45, 7) is 0.398. The molecule has 0 aliphatic rings. The largest absolute Gasteiger partial charge is 0.396 e. The van der Waals surface area contributed by atoms with Crippen LogP contribution in [0.25, 0.3) is 11.4 Å². The lowest BCUT2D eigenvalue weighted by atomic mass is 10.2. The van der Waals surface area contributed by atoms with Crippen LogP contribution in [0.1, 0.15) is 5.89 Å². The molecule has 3 heterocycles. The van der Waals surface area contributed by atoms with Gasteiger partial charge in [-0.05, 0) is 12.1 Å². The van der Waals surface area contributed by atoms with Gasteiger partial charge in [-0.2, -0.15) is 10.1 Å². The van der Waals surface area contributed by atoms with Crippen molar-refractivity contribution in [3.8, 4) is 11.4 Å². The zero-order valence-electron chi connectivity index (χ0n) is 9.39. The van der Waals surface area contributed by atoms with Gasteiger partial charge in [0.2, 0.25) is 11.7 Å². The first-order valence-corrected chi connectivity index (χ1v) is 5.32. The van der Waals surface area contributed by atoms with Crippen molar-refractivity contribution in [3.05, 3.63) is 42.8 Å². The molecule has 0 radical (unpaired) electrons. The van der Waals surface area contributed by atoms with Crippen molar-refractivity contribution in [1.82, 2.24) is 24.9 Å². The first-order valence-electron chi connectivity index (χ1n) is 5.32. The minimum Gasteiger partial charge on any atom is -0.396 e. The molecule has 0 atom stereocenters. The molecule has 0 aromatic carbocycles. The van der Waals surface area contributed by atoms with Crippen LogP contribution in [0.2, 0.25) is 0 Å². The molecule has 3 aromatic heterocycles. The number of hydrogen-bond acceptors (Lipinski definition) is 6. The van der Waals surface area contributed by atoms with Crippen LogP contribution in [0.5, 0.6) is 0 Å². The third kappa shape index (κ3) is 2.05. The number of aromatic nitrogens is 5. The minimum atomic E-state index is 0.398. The highest BCUT2D eigenvalue weighted by Gasteiger charge is 2.09. The lowest BCUT2D eigenvalue weighted by Crippen LogP contribution is -2.00. The highest BCUT2D eigenvalue weighted by atomic mass is 16.5. The molecule has 0 aliphatic heterocycles. The Kier molecular flexibility index (Phi) is 2.49. The van der Waals surface area contributed by atoms with E-state index >= 15 is 0 Å². The number of nitrogen functional groups attached to an aromatic ring is 1. The first-order chi connectivity index (χ1) is 8.81. The molecule has 90 valence electrons. The number of pyridine rings is 1. The molecule has 18 heavy (non-hydrogen) atoms. The van der Waals surface area contributed by atoms with Crippen LogP contribution < -0.4 is 5.73 Å². The van der Waals surface area contributed by atoms with E-state index in [1.165, 1.54) is 0 Å².